The highest BCUT2D eigenvalue weighted by atomic mass is 15.1. The number of hydrogen-bond donors (Lipinski definition) is 2. The van der Waals surface area contributed by atoms with Gasteiger partial charge in [-0.25, -0.2) is 0 Å². The Bertz CT molecular complexity index is 263. The van der Waals surface area contributed by atoms with Crippen molar-refractivity contribution in [3.8, 4) is 0 Å². The molecule has 3 heteroatoms. The summed E-state index contributed by atoms with van der Waals surface area (Å²) in [5, 5.41) is 3.47. The summed E-state index contributed by atoms with van der Waals surface area (Å²) < 4.78 is 0. The lowest BCUT2D eigenvalue weighted by atomic mass is 9.86. The first-order chi connectivity index (χ1) is 9.13. The van der Waals surface area contributed by atoms with Crippen LogP contribution in [0.4, 0.5) is 0 Å². The first-order valence-electron chi connectivity index (χ1n) is 7.97. The highest BCUT2D eigenvalue weighted by Crippen LogP contribution is 2.23. The van der Waals surface area contributed by atoms with E-state index in [9.17, 15) is 0 Å². The predicted molar refractivity (Wildman–Crippen MR) is 84.3 cm³/mol. The number of likely N-dealkylation sites (N-methyl/N-ethyl adjacent to an activating group) is 1. The van der Waals surface area contributed by atoms with Gasteiger partial charge in [-0.15, -0.1) is 0 Å². The van der Waals surface area contributed by atoms with Gasteiger partial charge in [0.2, 0.25) is 0 Å². The molecular weight excluding hydrogens is 234 g/mol. The average molecular weight is 267 g/mol. The number of hydrogen-bond acceptors (Lipinski definition) is 3. The Labute approximate surface area is 119 Å². The Hall–Kier alpha value is -0.380. The van der Waals surface area contributed by atoms with Gasteiger partial charge in [0.05, 0.1) is 0 Å². The van der Waals surface area contributed by atoms with E-state index in [-0.39, 0.29) is 0 Å². The standard InChI is InChI=1S/C16H33N3/c1-4-14(2)6-5-12-19(3)13-11-18-10-9-15-7-8-16(15)17/h9,14,16,18H,4-8,10-13,17H2,1-3H3/b15-9+/t14-,16?/m0/s1. The van der Waals surface area contributed by atoms with Crippen molar-refractivity contribution < 1.29 is 0 Å². The molecule has 1 aliphatic rings. The molecule has 0 heterocycles. The van der Waals surface area contributed by atoms with Gasteiger partial charge in [-0.05, 0) is 45.2 Å². The summed E-state index contributed by atoms with van der Waals surface area (Å²) >= 11 is 0. The maximum absolute atomic E-state index is 5.87. The van der Waals surface area contributed by atoms with Crippen molar-refractivity contribution in [2.45, 2.75) is 52.0 Å². The minimum Gasteiger partial charge on any atom is -0.324 e. The van der Waals surface area contributed by atoms with Crippen LogP contribution in [0.3, 0.4) is 0 Å². The average Bonchev–Trinajstić information content (AvgIpc) is 2.40. The van der Waals surface area contributed by atoms with Crippen molar-refractivity contribution in [3.05, 3.63) is 11.6 Å². The van der Waals surface area contributed by atoms with Crippen molar-refractivity contribution in [2.75, 3.05) is 33.2 Å². The van der Waals surface area contributed by atoms with Crippen LogP contribution in [0.25, 0.3) is 0 Å². The molecule has 1 unspecified atom stereocenters. The molecule has 0 radical (unpaired) electrons. The third-order valence-corrected chi connectivity index (χ3v) is 4.33. The van der Waals surface area contributed by atoms with Gasteiger partial charge in [0.1, 0.15) is 0 Å². The molecule has 0 amide bonds. The monoisotopic (exact) mass is 267 g/mol. The summed E-state index contributed by atoms with van der Waals surface area (Å²) in [7, 11) is 2.22. The van der Waals surface area contributed by atoms with Gasteiger partial charge in [-0.1, -0.05) is 31.9 Å². The molecule has 3 N–H and O–H groups in total. The molecule has 2 atom stereocenters. The summed E-state index contributed by atoms with van der Waals surface area (Å²) in [6.45, 7) is 9.03. The molecule has 1 fully saturated rings. The molecule has 1 rings (SSSR count). The van der Waals surface area contributed by atoms with Crippen LogP contribution < -0.4 is 11.1 Å². The lowest BCUT2D eigenvalue weighted by molar-refractivity contribution is 0.313. The van der Waals surface area contributed by atoms with Gasteiger partial charge < -0.3 is 16.0 Å². The molecule has 19 heavy (non-hydrogen) atoms. The summed E-state index contributed by atoms with van der Waals surface area (Å²) in [6.07, 6.45) is 8.64. The molecule has 3 nitrogen and oxygen atoms in total. The molecule has 0 spiro atoms. The topological polar surface area (TPSA) is 41.3 Å². The van der Waals surface area contributed by atoms with Crippen LogP contribution >= 0.6 is 0 Å². The zero-order valence-electron chi connectivity index (χ0n) is 13.1. The number of nitrogens with zero attached hydrogens (tertiary/aromatic N) is 1. The lowest BCUT2D eigenvalue weighted by Crippen LogP contribution is -2.33. The zero-order chi connectivity index (χ0) is 14.1. The molecule has 1 aliphatic carbocycles. The third-order valence-electron chi connectivity index (χ3n) is 4.33. The second-order valence-corrected chi connectivity index (χ2v) is 6.09. The Kier molecular flexibility index (Phi) is 8.35. The van der Waals surface area contributed by atoms with E-state index in [1.165, 1.54) is 44.2 Å². The Morgan fingerprint density at radius 3 is 2.84 bits per heavy atom. The van der Waals surface area contributed by atoms with E-state index in [0.29, 0.717) is 6.04 Å². The van der Waals surface area contributed by atoms with Crippen molar-refractivity contribution in [1.82, 2.24) is 10.2 Å². The molecule has 0 aromatic rings. The van der Waals surface area contributed by atoms with Gasteiger partial charge in [0.25, 0.3) is 0 Å². The van der Waals surface area contributed by atoms with Gasteiger partial charge in [0, 0.05) is 25.7 Å². The third kappa shape index (κ3) is 7.09. The van der Waals surface area contributed by atoms with E-state index in [1.54, 1.807) is 0 Å². The minimum atomic E-state index is 0.352. The van der Waals surface area contributed by atoms with Crippen LogP contribution in [0.1, 0.15) is 46.0 Å². The largest absolute Gasteiger partial charge is 0.324 e. The molecule has 0 aromatic heterocycles. The SMILES string of the molecule is CC[C@H](C)CCCN(C)CCNC/C=C1\CCC1N. The van der Waals surface area contributed by atoms with E-state index < -0.39 is 0 Å². The maximum atomic E-state index is 5.87. The predicted octanol–water partition coefficient (Wildman–Crippen LogP) is 2.38. The molecule has 0 aromatic carbocycles. The fourth-order valence-corrected chi connectivity index (χ4v) is 2.33. The first-order valence-corrected chi connectivity index (χ1v) is 7.97. The first kappa shape index (κ1) is 16.7. The van der Waals surface area contributed by atoms with Gasteiger partial charge in [0.15, 0.2) is 0 Å². The maximum Gasteiger partial charge on any atom is 0.0257 e. The Morgan fingerprint density at radius 1 is 1.47 bits per heavy atom. The number of rotatable bonds is 10. The van der Waals surface area contributed by atoms with Crippen LogP contribution in [-0.4, -0.2) is 44.2 Å². The second-order valence-electron chi connectivity index (χ2n) is 6.09. The van der Waals surface area contributed by atoms with Gasteiger partial charge in [-0.3, -0.25) is 0 Å². The normalized spacial score (nSPS) is 22.8. The highest BCUT2D eigenvalue weighted by molar-refractivity contribution is 5.18. The quantitative estimate of drug-likeness (QED) is 0.472. The fourth-order valence-electron chi connectivity index (χ4n) is 2.33. The van der Waals surface area contributed by atoms with Crippen LogP contribution in [0.15, 0.2) is 11.6 Å². The van der Waals surface area contributed by atoms with Crippen molar-refractivity contribution in [2.24, 2.45) is 11.7 Å². The van der Waals surface area contributed by atoms with E-state index in [0.717, 1.165) is 25.6 Å². The van der Waals surface area contributed by atoms with Crippen LogP contribution in [-0.2, 0) is 0 Å². The van der Waals surface area contributed by atoms with Crippen molar-refractivity contribution in [3.63, 3.8) is 0 Å². The molecule has 112 valence electrons. The Morgan fingerprint density at radius 2 is 2.26 bits per heavy atom. The molecule has 0 saturated heterocycles. The van der Waals surface area contributed by atoms with Crippen LogP contribution in [0, 0.1) is 5.92 Å². The fraction of sp³-hybridized carbons (Fsp3) is 0.875. The summed E-state index contributed by atoms with van der Waals surface area (Å²) in [6, 6.07) is 0.352. The molecule has 1 saturated carbocycles. The van der Waals surface area contributed by atoms with E-state index >= 15 is 0 Å². The summed E-state index contributed by atoms with van der Waals surface area (Å²) in [4.78, 5) is 2.43. The smallest absolute Gasteiger partial charge is 0.0257 e. The summed E-state index contributed by atoms with van der Waals surface area (Å²) in [5.41, 5.74) is 7.31. The number of nitrogens with two attached hydrogens (primary N) is 1. The zero-order valence-corrected chi connectivity index (χ0v) is 13.1. The van der Waals surface area contributed by atoms with Crippen LogP contribution in [0.2, 0.25) is 0 Å². The lowest BCUT2D eigenvalue weighted by Gasteiger charge is -2.26. The van der Waals surface area contributed by atoms with Gasteiger partial charge >= 0.3 is 0 Å². The highest BCUT2D eigenvalue weighted by Gasteiger charge is 2.18. The van der Waals surface area contributed by atoms with E-state index in [2.05, 4.69) is 37.2 Å². The molecular formula is C16H33N3. The van der Waals surface area contributed by atoms with Crippen molar-refractivity contribution in [1.29, 1.82) is 0 Å². The Balaban J connectivity index is 1.92. The van der Waals surface area contributed by atoms with Gasteiger partial charge in [-0.2, -0.15) is 0 Å². The van der Waals surface area contributed by atoms with Crippen LogP contribution in [0.5, 0.6) is 0 Å². The van der Waals surface area contributed by atoms with Crippen molar-refractivity contribution >= 4 is 0 Å². The molecule has 0 aliphatic heterocycles. The number of nitrogens with one attached hydrogen (secondary N) is 1. The summed E-state index contributed by atoms with van der Waals surface area (Å²) in [5.74, 6) is 0.879. The minimum absolute atomic E-state index is 0.352. The van der Waals surface area contributed by atoms with E-state index in [1.807, 2.05) is 0 Å². The second kappa shape index (κ2) is 9.51. The van der Waals surface area contributed by atoms with E-state index in [4.69, 9.17) is 5.73 Å². The molecule has 0 bridgehead atoms.